The molecule has 0 saturated heterocycles. The molecule has 58 heavy (non-hydrogen) atoms. The van der Waals surface area contributed by atoms with Crippen LogP contribution in [0.2, 0.25) is 0 Å². The molecule has 0 amide bonds. The summed E-state index contributed by atoms with van der Waals surface area (Å²) in [6.07, 6.45) is 0. The highest BCUT2D eigenvalue weighted by molar-refractivity contribution is 6.20. The minimum absolute atomic E-state index is 1.16. The van der Waals surface area contributed by atoms with Crippen molar-refractivity contribution in [1.29, 1.82) is 0 Å². The van der Waals surface area contributed by atoms with E-state index in [2.05, 4.69) is 215 Å². The first-order valence-electron chi connectivity index (χ1n) is 20.1. The molecule has 0 unspecified atom stereocenters. The largest absolute Gasteiger partial charge is 0.309 e. The number of hydrogen-bond donors (Lipinski definition) is 0. The van der Waals surface area contributed by atoms with E-state index in [-0.39, 0.29) is 0 Å². The Morgan fingerprint density at radius 2 is 0.914 bits per heavy atom. The number of para-hydroxylation sites is 3. The predicted octanol–water partition coefficient (Wildman–Crippen LogP) is 15.2. The van der Waals surface area contributed by atoms with Crippen LogP contribution in [-0.4, -0.2) is 9.13 Å². The highest BCUT2D eigenvalue weighted by Crippen LogP contribution is 2.49. The van der Waals surface area contributed by atoms with Gasteiger partial charge in [-0.1, -0.05) is 158 Å². The van der Waals surface area contributed by atoms with E-state index in [0.717, 1.165) is 5.69 Å². The Morgan fingerprint density at radius 1 is 0.276 bits per heavy atom. The van der Waals surface area contributed by atoms with Crippen molar-refractivity contribution in [2.75, 3.05) is 0 Å². The van der Waals surface area contributed by atoms with Crippen LogP contribution in [-0.2, 0) is 0 Å². The summed E-state index contributed by atoms with van der Waals surface area (Å²) >= 11 is 0. The first-order valence-corrected chi connectivity index (χ1v) is 20.1. The van der Waals surface area contributed by atoms with Crippen molar-refractivity contribution in [2.24, 2.45) is 0 Å². The third-order valence-corrected chi connectivity index (χ3v) is 12.6. The third-order valence-electron chi connectivity index (χ3n) is 12.6. The van der Waals surface area contributed by atoms with Gasteiger partial charge in [-0.05, 0) is 104 Å². The van der Waals surface area contributed by atoms with Crippen molar-refractivity contribution >= 4 is 65.2 Å². The highest BCUT2D eigenvalue weighted by Gasteiger charge is 2.23. The topological polar surface area (TPSA) is 9.86 Å². The summed E-state index contributed by atoms with van der Waals surface area (Å²) in [7, 11) is 0. The van der Waals surface area contributed by atoms with Gasteiger partial charge in [0.2, 0.25) is 0 Å². The fourth-order valence-electron chi connectivity index (χ4n) is 10.1. The second-order valence-electron chi connectivity index (χ2n) is 15.7. The van der Waals surface area contributed by atoms with Crippen molar-refractivity contribution in [2.45, 2.75) is 0 Å². The smallest absolute Gasteiger partial charge is 0.0619 e. The van der Waals surface area contributed by atoms with Gasteiger partial charge in [0.05, 0.1) is 27.8 Å². The normalized spacial score (nSPS) is 12.1. The molecule has 12 aromatic rings. The zero-order valence-corrected chi connectivity index (χ0v) is 31.5. The van der Waals surface area contributed by atoms with E-state index in [9.17, 15) is 0 Å². The summed E-state index contributed by atoms with van der Waals surface area (Å²) in [5, 5.41) is 10.2. The van der Waals surface area contributed by atoms with E-state index in [0.29, 0.717) is 0 Å². The van der Waals surface area contributed by atoms with E-state index >= 15 is 0 Å². The van der Waals surface area contributed by atoms with Gasteiger partial charge < -0.3 is 9.13 Å². The maximum atomic E-state index is 2.47. The Morgan fingerprint density at radius 3 is 1.81 bits per heavy atom. The van der Waals surface area contributed by atoms with Crippen LogP contribution < -0.4 is 0 Å². The van der Waals surface area contributed by atoms with E-state index in [1.807, 2.05) is 0 Å². The highest BCUT2D eigenvalue weighted by atomic mass is 15.0. The number of fused-ring (bicyclic) bond motifs is 11. The van der Waals surface area contributed by atoms with Gasteiger partial charge in [0.25, 0.3) is 0 Å². The van der Waals surface area contributed by atoms with Gasteiger partial charge in [-0.25, -0.2) is 0 Å². The minimum atomic E-state index is 1.16. The van der Waals surface area contributed by atoms with Crippen LogP contribution in [0.3, 0.4) is 0 Å². The molecule has 2 heteroatoms. The van der Waals surface area contributed by atoms with Crippen molar-refractivity contribution in [1.82, 2.24) is 9.13 Å². The molecule has 0 radical (unpaired) electrons. The van der Waals surface area contributed by atoms with Crippen LogP contribution in [0.1, 0.15) is 0 Å². The number of rotatable bonds is 4. The number of hydrogen-bond acceptors (Lipinski definition) is 0. The van der Waals surface area contributed by atoms with Gasteiger partial charge in [0, 0.05) is 38.2 Å². The molecule has 0 aliphatic heterocycles. The maximum Gasteiger partial charge on any atom is 0.0619 e. The molecular weight excluding hydrogens is 701 g/mol. The van der Waals surface area contributed by atoms with E-state index < -0.39 is 0 Å². The minimum Gasteiger partial charge on any atom is -0.309 e. The lowest BCUT2D eigenvalue weighted by Crippen LogP contribution is -1.97. The van der Waals surface area contributed by atoms with Crippen LogP contribution >= 0.6 is 0 Å². The zero-order valence-electron chi connectivity index (χ0n) is 31.5. The van der Waals surface area contributed by atoms with Crippen LogP contribution in [0.4, 0.5) is 0 Å². The van der Waals surface area contributed by atoms with E-state index in [4.69, 9.17) is 0 Å². The molecular formula is C56H34N2. The van der Waals surface area contributed by atoms with E-state index in [1.165, 1.54) is 115 Å². The summed E-state index contributed by atoms with van der Waals surface area (Å²) in [5.41, 5.74) is 17.3. The van der Waals surface area contributed by atoms with Gasteiger partial charge in [-0.15, -0.1) is 0 Å². The van der Waals surface area contributed by atoms with Gasteiger partial charge >= 0.3 is 0 Å². The summed E-state index contributed by atoms with van der Waals surface area (Å²) in [4.78, 5) is 0. The Hall–Kier alpha value is -7.68. The molecule has 13 rings (SSSR count). The molecule has 1 aliphatic carbocycles. The number of nitrogens with zero attached hydrogens (tertiary/aromatic N) is 2. The third kappa shape index (κ3) is 4.37. The molecule has 0 spiro atoms. The molecule has 2 nitrogen and oxygen atoms in total. The molecule has 0 N–H and O–H groups in total. The van der Waals surface area contributed by atoms with Gasteiger partial charge in [0.1, 0.15) is 0 Å². The first kappa shape index (κ1) is 31.5. The van der Waals surface area contributed by atoms with Crippen molar-refractivity contribution in [3.05, 3.63) is 206 Å². The average molecular weight is 735 g/mol. The Kier molecular flexibility index (Phi) is 6.47. The van der Waals surface area contributed by atoms with Gasteiger partial charge in [-0.2, -0.15) is 0 Å². The van der Waals surface area contributed by atoms with E-state index in [1.54, 1.807) is 0 Å². The Labute approximate surface area is 335 Å². The fourth-order valence-corrected chi connectivity index (χ4v) is 10.1. The Bertz CT molecular complexity index is 3670. The molecule has 2 aromatic heterocycles. The molecule has 0 atom stereocenters. The number of aromatic nitrogens is 2. The van der Waals surface area contributed by atoms with Crippen LogP contribution in [0.5, 0.6) is 0 Å². The first-order chi connectivity index (χ1) is 28.8. The van der Waals surface area contributed by atoms with Crippen LogP contribution in [0, 0.1) is 0 Å². The standard InChI is InChI=1S/C56H34N2/c1-2-15-40(16-3-1)57-54-34-38(25-29-45(54)48-30-24-35-12-4-5-18-42(35)56(48)57)37-27-31-53-50(32-37)44-19-7-9-23-52(44)58(53)51-22-8-6-17-41(51)39-26-28-43-46-20-10-13-36-14-11-21-47(55(36)46)49(43)33-39/h1-34H. The van der Waals surface area contributed by atoms with Gasteiger partial charge in [-0.3, -0.25) is 0 Å². The lowest BCUT2D eigenvalue weighted by molar-refractivity contribution is 1.18. The molecule has 0 bridgehead atoms. The SMILES string of the molecule is c1ccc(-n2c3cc(-c4ccc5c(c4)c4ccccc4n5-c4ccccc4-c4ccc5c(c4)-c4cccc6cccc-5c46)ccc3c3ccc4ccccc4c32)cc1. The lowest BCUT2D eigenvalue weighted by Gasteiger charge is -2.15. The monoisotopic (exact) mass is 734 g/mol. The summed E-state index contributed by atoms with van der Waals surface area (Å²) in [6.45, 7) is 0. The van der Waals surface area contributed by atoms with Crippen molar-refractivity contribution in [3.63, 3.8) is 0 Å². The lowest BCUT2D eigenvalue weighted by atomic mass is 9.96. The molecule has 268 valence electrons. The molecule has 1 aliphatic rings. The zero-order chi connectivity index (χ0) is 37.9. The van der Waals surface area contributed by atoms with Gasteiger partial charge in [0.15, 0.2) is 0 Å². The summed E-state index contributed by atoms with van der Waals surface area (Å²) < 4.78 is 4.92. The van der Waals surface area contributed by atoms with Crippen LogP contribution in [0.25, 0.3) is 121 Å². The van der Waals surface area contributed by atoms with Crippen molar-refractivity contribution in [3.8, 4) is 55.9 Å². The second kappa shape index (κ2) is 11.9. The number of benzene rings is 10. The summed E-state index contributed by atoms with van der Waals surface area (Å²) in [5.74, 6) is 0. The molecule has 0 saturated carbocycles. The molecule has 2 heterocycles. The Balaban J connectivity index is 0.994. The summed E-state index contributed by atoms with van der Waals surface area (Å²) in [6, 6.07) is 76.3. The quantitative estimate of drug-likeness (QED) is 0.170. The average Bonchev–Trinajstić information content (AvgIpc) is 3.93. The predicted molar refractivity (Wildman–Crippen MR) is 245 cm³/mol. The molecule has 10 aromatic carbocycles. The molecule has 0 fully saturated rings. The second-order valence-corrected chi connectivity index (χ2v) is 15.7. The van der Waals surface area contributed by atoms with Crippen LogP contribution in [0.15, 0.2) is 206 Å². The fraction of sp³-hybridized carbons (Fsp3) is 0. The maximum absolute atomic E-state index is 2.47. The van der Waals surface area contributed by atoms with Crippen molar-refractivity contribution < 1.29 is 0 Å².